The minimum atomic E-state index is -3.66. The summed E-state index contributed by atoms with van der Waals surface area (Å²) in [5.74, 6) is 0. The number of halogens is 2. The van der Waals surface area contributed by atoms with Gasteiger partial charge in [0, 0.05) is 13.1 Å². The van der Waals surface area contributed by atoms with Crippen molar-refractivity contribution in [3.63, 3.8) is 0 Å². The van der Waals surface area contributed by atoms with Crippen LogP contribution in [0.25, 0.3) is 0 Å². The van der Waals surface area contributed by atoms with Crippen molar-refractivity contribution < 1.29 is 8.42 Å². The molecule has 0 fully saturated rings. The number of benzene rings is 1. The molecule has 0 aliphatic rings. The molecule has 0 atom stereocenters. The molecule has 0 amide bonds. The molecule has 0 spiro atoms. The van der Waals surface area contributed by atoms with E-state index in [1.165, 1.54) is 12.1 Å². The summed E-state index contributed by atoms with van der Waals surface area (Å²) in [5.41, 5.74) is 0. The van der Waals surface area contributed by atoms with Gasteiger partial charge in [0.15, 0.2) is 0 Å². The van der Waals surface area contributed by atoms with E-state index in [2.05, 4.69) is 10.0 Å². The maximum atomic E-state index is 11.9. The molecule has 0 aliphatic heterocycles. The van der Waals surface area contributed by atoms with Crippen LogP contribution < -0.4 is 10.0 Å². The molecule has 7 heteroatoms. The Labute approximate surface area is 111 Å². The van der Waals surface area contributed by atoms with Crippen LogP contribution >= 0.6 is 23.2 Å². The molecule has 0 radical (unpaired) electrons. The second-order valence-electron chi connectivity index (χ2n) is 3.30. The van der Waals surface area contributed by atoms with Gasteiger partial charge in [0.05, 0.1) is 10.0 Å². The van der Waals surface area contributed by atoms with E-state index in [-0.39, 0.29) is 21.5 Å². The van der Waals surface area contributed by atoms with E-state index >= 15 is 0 Å². The van der Waals surface area contributed by atoms with Crippen LogP contribution in [-0.2, 0) is 10.0 Å². The molecule has 0 unspecified atom stereocenters. The van der Waals surface area contributed by atoms with Crippen molar-refractivity contribution in [3.05, 3.63) is 28.2 Å². The van der Waals surface area contributed by atoms with E-state index in [0.29, 0.717) is 6.54 Å². The lowest BCUT2D eigenvalue weighted by molar-refractivity contribution is 0.577. The fraction of sp³-hybridized carbons (Fsp3) is 0.400. The first-order valence-corrected chi connectivity index (χ1v) is 7.37. The highest BCUT2D eigenvalue weighted by Gasteiger charge is 2.20. The van der Waals surface area contributed by atoms with Crippen LogP contribution in [0.4, 0.5) is 0 Å². The standard InChI is InChI=1S/C10H14Cl2N2O2S/c1-2-13-6-7-14-17(15,16)10-8(11)4-3-5-9(10)12/h3-5,13-14H,2,6-7H2,1H3. The normalized spacial score (nSPS) is 11.7. The third kappa shape index (κ3) is 4.12. The average Bonchev–Trinajstić information content (AvgIpc) is 2.24. The molecule has 0 saturated heterocycles. The molecule has 0 saturated carbocycles. The number of sulfonamides is 1. The lowest BCUT2D eigenvalue weighted by Crippen LogP contribution is -2.32. The zero-order valence-corrected chi connectivity index (χ0v) is 11.7. The molecule has 96 valence electrons. The van der Waals surface area contributed by atoms with Gasteiger partial charge in [-0.15, -0.1) is 0 Å². The summed E-state index contributed by atoms with van der Waals surface area (Å²) >= 11 is 11.7. The largest absolute Gasteiger partial charge is 0.316 e. The van der Waals surface area contributed by atoms with Crippen molar-refractivity contribution in [2.45, 2.75) is 11.8 Å². The quantitative estimate of drug-likeness (QED) is 0.788. The maximum absolute atomic E-state index is 11.9. The molecular formula is C10H14Cl2N2O2S. The SMILES string of the molecule is CCNCCNS(=O)(=O)c1c(Cl)cccc1Cl. The lowest BCUT2D eigenvalue weighted by Gasteiger charge is -2.09. The van der Waals surface area contributed by atoms with Gasteiger partial charge in [-0.25, -0.2) is 13.1 Å². The van der Waals surface area contributed by atoms with Crippen LogP contribution in [0.15, 0.2) is 23.1 Å². The second kappa shape index (κ2) is 6.56. The lowest BCUT2D eigenvalue weighted by atomic mass is 10.4. The number of hydrogen-bond donors (Lipinski definition) is 2. The highest BCUT2D eigenvalue weighted by Crippen LogP contribution is 2.28. The summed E-state index contributed by atoms with van der Waals surface area (Å²) in [4.78, 5) is -0.0696. The third-order valence-corrected chi connectivity index (χ3v) is 4.45. The van der Waals surface area contributed by atoms with Gasteiger partial charge in [-0.2, -0.15) is 0 Å². The number of nitrogens with one attached hydrogen (secondary N) is 2. The highest BCUT2D eigenvalue weighted by molar-refractivity contribution is 7.89. The van der Waals surface area contributed by atoms with Crippen molar-refractivity contribution in [3.8, 4) is 0 Å². The molecule has 0 bridgehead atoms. The Morgan fingerprint density at radius 1 is 1.18 bits per heavy atom. The molecule has 0 heterocycles. The Kier molecular flexibility index (Phi) is 5.69. The van der Waals surface area contributed by atoms with Crippen LogP contribution in [0.1, 0.15) is 6.92 Å². The Bertz CT molecular complexity index is 457. The van der Waals surface area contributed by atoms with Crippen molar-refractivity contribution in [1.29, 1.82) is 0 Å². The summed E-state index contributed by atoms with van der Waals surface area (Å²) in [7, 11) is -3.66. The van der Waals surface area contributed by atoms with Gasteiger partial charge in [-0.1, -0.05) is 36.2 Å². The van der Waals surface area contributed by atoms with Gasteiger partial charge in [-0.3, -0.25) is 0 Å². The van der Waals surface area contributed by atoms with Gasteiger partial charge in [0.25, 0.3) is 0 Å². The fourth-order valence-corrected chi connectivity index (χ4v) is 3.43. The Balaban J connectivity index is 2.83. The molecule has 17 heavy (non-hydrogen) atoms. The number of hydrogen-bond acceptors (Lipinski definition) is 3. The van der Waals surface area contributed by atoms with Crippen LogP contribution in [0, 0.1) is 0 Å². The van der Waals surface area contributed by atoms with Crippen LogP contribution in [-0.4, -0.2) is 28.1 Å². The fourth-order valence-electron chi connectivity index (χ4n) is 1.26. The van der Waals surface area contributed by atoms with E-state index in [0.717, 1.165) is 6.54 Å². The van der Waals surface area contributed by atoms with Crippen molar-refractivity contribution in [2.75, 3.05) is 19.6 Å². The van der Waals surface area contributed by atoms with Gasteiger partial charge < -0.3 is 5.32 Å². The predicted molar refractivity (Wildman–Crippen MR) is 70.2 cm³/mol. The molecule has 1 aromatic carbocycles. The number of likely N-dealkylation sites (N-methyl/N-ethyl adjacent to an activating group) is 1. The molecule has 1 rings (SSSR count). The van der Waals surface area contributed by atoms with Crippen LogP contribution in [0.3, 0.4) is 0 Å². The second-order valence-corrected chi connectivity index (χ2v) is 5.82. The van der Waals surface area contributed by atoms with Gasteiger partial charge in [-0.05, 0) is 18.7 Å². The molecule has 2 N–H and O–H groups in total. The van der Waals surface area contributed by atoms with Crippen molar-refractivity contribution in [1.82, 2.24) is 10.0 Å². The van der Waals surface area contributed by atoms with Gasteiger partial charge in [0.1, 0.15) is 4.90 Å². The molecule has 4 nitrogen and oxygen atoms in total. The summed E-state index contributed by atoms with van der Waals surface area (Å²) in [6.07, 6.45) is 0. The predicted octanol–water partition coefficient (Wildman–Crippen LogP) is 1.88. The van der Waals surface area contributed by atoms with Crippen molar-refractivity contribution >= 4 is 33.2 Å². The summed E-state index contributed by atoms with van der Waals surface area (Å²) in [6, 6.07) is 4.58. The summed E-state index contributed by atoms with van der Waals surface area (Å²) in [6.45, 7) is 3.57. The van der Waals surface area contributed by atoms with Gasteiger partial charge in [0.2, 0.25) is 10.0 Å². The smallest absolute Gasteiger partial charge is 0.243 e. The average molecular weight is 297 g/mol. The Morgan fingerprint density at radius 2 is 1.76 bits per heavy atom. The monoisotopic (exact) mass is 296 g/mol. The molecular weight excluding hydrogens is 283 g/mol. The van der Waals surface area contributed by atoms with E-state index in [4.69, 9.17) is 23.2 Å². The first kappa shape index (κ1) is 14.7. The molecule has 0 aromatic heterocycles. The van der Waals surface area contributed by atoms with Crippen molar-refractivity contribution in [2.24, 2.45) is 0 Å². The Hall–Kier alpha value is -0.330. The van der Waals surface area contributed by atoms with E-state index in [1.807, 2.05) is 6.92 Å². The van der Waals surface area contributed by atoms with E-state index in [9.17, 15) is 8.42 Å². The summed E-state index contributed by atoms with van der Waals surface area (Å²) in [5, 5.41) is 3.25. The van der Waals surface area contributed by atoms with E-state index < -0.39 is 10.0 Å². The molecule has 1 aromatic rings. The zero-order valence-electron chi connectivity index (χ0n) is 9.33. The highest BCUT2D eigenvalue weighted by atomic mass is 35.5. The van der Waals surface area contributed by atoms with Crippen LogP contribution in [0.5, 0.6) is 0 Å². The maximum Gasteiger partial charge on any atom is 0.243 e. The number of rotatable bonds is 6. The summed E-state index contributed by atoms with van der Waals surface area (Å²) < 4.78 is 26.3. The van der Waals surface area contributed by atoms with Gasteiger partial charge >= 0.3 is 0 Å². The minimum Gasteiger partial charge on any atom is -0.316 e. The minimum absolute atomic E-state index is 0.0696. The third-order valence-electron chi connectivity index (χ3n) is 2.03. The first-order chi connectivity index (χ1) is 7.99. The Morgan fingerprint density at radius 3 is 2.29 bits per heavy atom. The van der Waals surface area contributed by atoms with E-state index in [1.54, 1.807) is 6.07 Å². The molecule has 0 aliphatic carbocycles. The zero-order chi connectivity index (χ0) is 12.9. The van der Waals surface area contributed by atoms with Crippen LogP contribution in [0.2, 0.25) is 10.0 Å². The first-order valence-electron chi connectivity index (χ1n) is 5.13. The topological polar surface area (TPSA) is 58.2 Å².